The zero-order valence-corrected chi connectivity index (χ0v) is 12.7. The summed E-state index contributed by atoms with van der Waals surface area (Å²) in [7, 11) is 0. The van der Waals surface area contributed by atoms with Crippen LogP contribution in [0.15, 0.2) is 0 Å². The van der Waals surface area contributed by atoms with E-state index in [9.17, 15) is 5.11 Å². The monoisotopic (exact) mass is 275 g/mol. The van der Waals surface area contributed by atoms with Gasteiger partial charge in [-0.15, -0.1) is 0 Å². The molecule has 4 nitrogen and oxygen atoms in total. The molecule has 1 aromatic heterocycles. The molecule has 0 fully saturated rings. The van der Waals surface area contributed by atoms with Crippen LogP contribution in [0, 0.1) is 0 Å². The second kappa shape index (κ2) is 6.02. The van der Waals surface area contributed by atoms with E-state index in [4.69, 9.17) is 0 Å². The fourth-order valence-electron chi connectivity index (χ4n) is 1.31. The van der Waals surface area contributed by atoms with Crippen LogP contribution >= 0.6 is 23.3 Å². The summed E-state index contributed by atoms with van der Waals surface area (Å²) in [5.74, 6) is 0.863. The second-order valence-corrected chi connectivity index (χ2v) is 6.89. The molecule has 17 heavy (non-hydrogen) atoms. The summed E-state index contributed by atoms with van der Waals surface area (Å²) in [4.78, 5) is 4.48. The zero-order valence-electron chi connectivity index (χ0n) is 11.0. The van der Waals surface area contributed by atoms with Crippen molar-refractivity contribution in [2.75, 3.05) is 18.2 Å². The molecule has 0 spiro atoms. The maximum absolute atomic E-state index is 9.22. The minimum absolute atomic E-state index is 0.0183. The molecular formula is C11H21N3OS2. The van der Waals surface area contributed by atoms with Crippen LogP contribution in [0.4, 0.5) is 5.13 Å². The Kier molecular flexibility index (Phi) is 5.22. The van der Waals surface area contributed by atoms with Crippen LogP contribution in [0.5, 0.6) is 0 Å². The number of hydrogen-bond acceptors (Lipinski definition) is 6. The summed E-state index contributed by atoms with van der Waals surface area (Å²) in [6, 6.07) is 0.177. The second-order valence-electron chi connectivity index (χ2n) is 5.06. The first-order valence-corrected chi connectivity index (χ1v) is 7.69. The zero-order chi connectivity index (χ0) is 13.1. The van der Waals surface area contributed by atoms with Gasteiger partial charge in [0.15, 0.2) is 0 Å². The molecule has 0 aromatic carbocycles. The van der Waals surface area contributed by atoms with Gasteiger partial charge in [0.1, 0.15) is 5.82 Å². The van der Waals surface area contributed by atoms with E-state index in [1.807, 2.05) is 6.26 Å². The van der Waals surface area contributed by atoms with E-state index in [2.05, 4.69) is 42.4 Å². The first-order valence-electron chi connectivity index (χ1n) is 5.63. The van der Waals surface area contributed by atoms with E-state index in [1.165, 1.54) is 11.5 Å². The molecule has 1 aromatic rings. The first kappa shape index (κ1) is 14.7. The number of aliphatic hydroxyl groups excluding tert-OH is 1. The number of aliphatic hydroxyl groups is 1. The normalized spacial score (nSPS) is 15.6. The molecule has 2 unspecified atom stereocenters. The van der Waals surface area contributed by atoms with Crippen LogP contribution in [0.25, 0.3) is 0 Å². The molecule has 2 N–H and O–H groups in total. The van der Waals surface area contributed by atoms with Crippen molar-refractivity contribution >= 4 is 28.4 Å². The van der Waals surface area contributed by atoms with Crippen LogP contribution in [0.1, 0.15) is 33.5 Å². The van der Waals surface area contributed by atoms with Crippen molar-refractivity contribution < 1.29 is 5.11 Å². The maximum atomic E-state index is 9.22. The first-order chi connectivity index (χ1) is 7.88. The average molecular weight is 275 g/mol. The smallest absolute Gasteiger partial charge is 0.202 e. The Morgan fingerprint density at radius 3 is 2.53 bits per heavy atom. The Labute approximate surface area is 111 Å². The van der Waals surface area contributed by atoms with Gasteiger partial charge < -0.3 is 10.4 Å². The summed E-state index contributed by atoms with van der Waals surface area (Å²) < 4.78 is 4.35. The molecule has 0 bridgehead atoms. The molecule has 1 rings (SSSR count). The highest BCUT2D eigenvalue weighted by Gasteiger charge is 2.21. The minimum atomic E-state index is -0.0183. The van der Waals surface area contributed by atoms with Crippen molar-refractivity contribution in [1.82, 2.24) is 9.36 Å². The van der Waals surface area contributed by atoms with Crippen molar-refractivity contribution in [3.8, 4) is 0 Å². The van der Waals surface area contributed by atoms with Crippen LogP contribution in [-0.4, -0.2) is 38.6 Å². The third kappa shape index (κ3) is 4.12. The molecule has 6 heteroatoms. The van der Waals surface area contributed by atoms with E-state index in [1.54, 1.807) is 11.8 Å². The molecule has 1 heterocycles. The van der Waals surface area contributed by atoms with Gasteiger partial charge in [-0.05, 0) is 13.2 Å². The summed E-state index contributed by atoms with van der Waals surface area (Å²) in [5, 5.41) is 13.5. The fourth-order valence-corrected chi connectivity index (χ4v) is 2.79. The fraction of sp³-hybridized carbons (Fsp3) is 0.818. The lowest BCUT2D eigenvalue weighted by atomic mass is 9.96. The van der Waals surface area contributed by atoms with Crippen LogP contribution in [-0.2, 0) is 5.41 Å². The van der Waals surface area contributed by atoms with E-state index < -0.39 is 0 Å². The van der Waals surface area contributed by atoms with Gasteiger partial charge in [0.2, 0.25) is 5.13 Å². The average Bonchev–Trinajstić information content (AvgIpc) is 2.67. The molecular weight excluding hydrogens is 254 g/mol. The summed E-state index contributed by atoms with van der Waals surface area (Å²) >= 11 is 3.03. The molecule has 0 radical (unpaired) electrons. The van der Waals surface area contributed by atoms with Gasteiger partial charge in [-0.25, -0.2) is 4.98 Å². The quantitative estimate of drug-likeness (QED) is 0.864. The molecule has 0 aliphatic heterocycles. The molecule has 0 amide bonds. The van der Waals surface area contributed by atoms with Crippen LogP contribution in [0.3, 0.4) is 0 Å². The van der Waals surface area contributed by atoms with E-state index in [0.29, 0.717) is 0 Å². The van der Waals surface area contributed by atoms with Crippen molar-refractivity contribution in [2.24, 2.45) is 0 Å². The number of rotatable bonds is 5. The standard InChI is InChI=1S/C11H21N3OS2/c1-7(8(6-15)16-5)12-10-13-9(14-17-10)11(2,3)4/h7-8,15H,6H2,1-5H3,(H,12,13,14). The molecule has 98 valence electrons. The third-order valence-electron chi connectivity index (χ3n) is 2.49. The van der Waals surface area contributed by atoms with Crippen molar-refractivity contribution in [3.05, 3.63) is 5.82 Å². The highest BCUT2D eigenvalue weighted by atomic mass is 32.2. The van der Waals surface area contributed by atoms with Gasteiger partial charge in [0.05, 0.1) is 6.61 Å². The Balaban J connectivity index is 2.66. The van der Waals surface area contributed by atoms with Gasteiger partial charge in [-0.2, -0.15) is 16.1 Å². The lowest BCUT2D eigenvalue weighted by Gasteiger charge is -2.20. The van der Waals surface area contributed by atoms with Gasteiger partial charge >= 0.3 is 0 Å². The summed E-state index contributed by atoms with van der Waals surface area (Å²) in [5.41, 5.74) is -0.0183. The number of anilines is 1. The van der Waals surface area contributed by atoms with Crippen molar-refractivity contribution in [3.63, 3.8) is 0 Å². The minimum Gasteiger partial charge on any atom is -0.395 e. The summed E-state index contributed by atoms with van der Waals surface area (Å²) in [6.45, 7) is 8.51. The molecule has 2 atom stereocenters. The van der Waals surface area contributed by atoms with Gasteiger partial charge in [-0.1, -0.05) is 20.8 Å². The lowest BCUT2D eigenvalue weighted by molar-refractivity contribution is 0.288. The number of thioether (sulfide) groups is 1. The number of nitrogens with one attached hydrogen (secondary N) is 1. The molecule has 0 aliphatic carbocycles. The number of nitrogens with zero attached hydrogens (tertiary/aromatic N) is 2. The molecule has 0 saturated heterocycles. The van der Waals surface area contributed by atoms with Crippen LogP contribution in [0.2, 0.25) is 0 Å². The number of hydrogen-bond donors (Lipinski definition) is 2. The highest BCUT2D eigenvalue weighted by molar-refractivity contribution is 7.99. The molecule has 0 aliphatic rings. The maximum Gasteiger partial charge on any atom is 0.202 e. The van der Waals surface area contributed by atoms with E-state index in [0.717, 1.165) is 11.0 Å². The van der Waals surface area contributed by atoms with Gasteiger partial charge in [-0.3, -0.25) is 0 Å². The Morgan fingerprint density at radius 1 is 1.47 bits per heavy atom. The van der Waals surface area contributed by atoms with Gasteiger partial charge in [0, 0.05) is 28.2 Å². The lowest BCUT2D eigenvalue weighted by Crippen LogP contribution is -2.30. The van der Waals surface area contributed by atoms with Gasteiger partial charge in [0.25, 0.3) is 0 Å². The Morgan fingerprint density at radius 2 is 2.12 bits per heavy atom. The molecule has 0 saturated carbocycles. The highest BCUT2D eigenvalue weighted by Crippen LogP contribution is 2.24. The third-order valence-corrected chi connectivity index (χ3v) is 4.30. The Bertz CT molecular complexity index is 345. The topological polar surface area (TPSA) is 58.0 Å². The SMILES string of the molecule is CSC(CO)C(C)Nc1nc(C(C)(C)C)ns1. The van der Waals surface area contributed by atoms with Crippen LogP contribution < -0.4 is 5.32 Å². The predicted octanol–water partition coefficient (Wildman–Crippen LogP) is 2.36. The summed E-state index contributed by atoms with van der Waals surface area (Å²) in [6.07, 6.45) is 2.00. The van der Waals surface area contributed by atoms with Crippen molar-refractivity contribution in [1.29, 1.82) is 0 Å². The predicted molar refractivity (Wildman–Crippen MR) is 76.1 cm³/mol. The Hall–Kier alpha value is -0.330. The number of aromatic nitrogens is 2. The van der Waals surface area contributed by atoms with E-state index in [-0.39, 0.29) is 23.3 Å². The largest absolute Gasteiger partial charge is 0.395 e. The van der Waals surface area contributed by atoms with Crippen molar-refractivity contribution in [2.45, 2.75) is 44.4 Å². The van der Waals surface area contributed by atoms with E-state index >= 15 is 0 Å².